The molecule has 0 aromatic heterocycles. The van der Waals surface area contributed by atoms with E-state index >= 15 is 0 Å². The number of aliphatic carboxylic acids is 2. The molecular formula is C28H24N2O7. The lowest BCUT2D eigenvalue weighted by Gasteiger charge is -2.19. The van der Waals surface area contributed by atoms with Crippen LogP contribution in [0.4, 0.5) is 0 Å². The first-order valence-electron chi connectivity index (χ1n) is 11.2. The molecule has 3 aromatic rings. The van der Waals surface area contributed by atoms with Gasteiger partial charge in [-0.05, 0) is 65.2 Å². The molecule has 3 aromatic carbocycles. The Bertz CT molecular complexity index is 1420. The third kappa shape index (κ3) is 5.85. The van der Waals surface area contributed by atoms with Crippen LogP contribution in [-0.4, -0.2) is 45.2 Å². The monoisotopic (exact) mass is 500 g/mol. The number of aromatic hydroxyl groups is 2. The van der Waals surface area contributed by atoms with Gasteiger partial charge in [-0.3, -0.25) is 10.3 Å². The van der Waals surface area contributed by atoms with E-state index in [2.05, 4.69) is 5.32 Å². The van der Waals surface area contributed by atoms with E-state index in [1.54, 1.807) is 43.5 Å². The van der Waals surface area contributed by atoms with Crippen LogP contribution in [0.5, 0.6) is 17.2 Å². The Morgan fingerprint density at radius 3 is 2.05 bits per heavy atom. The first kappa shape index (κ1) is 25.2. The molecule has 0 amide bonds. The molecule has 4 rings (SSSR count). The molecule has 188 valence electrons. The summed E-state index contributed by atoms with van der Waals surface area (Å²) in [4.78, 5) is 26.8. The van der Waals surface area contributed by atoms with Gasteiger partial charge in [0.05, 0.1) is 18.9 Å². The molecule has 9 heteroatoms. The van der Waals surface area contributed by atoms with Crippen LogP contribution in [0.2, 0.25) is 0 Å². The van der Waals surface area contributed by atoms with E-state index in [1.165, 1.54) is 24.3 Å². The Balaban J connectivity index is 1.82. The standard InChI is InChI=1S/C28H24N2O7/c1-37-19-8-6-18(7-9-19)28-29-26(20-14-16(2-10-22(20)31)4-12-24(33)34)27(30-28)21-15-17(3-11-23(21)32)5-13-25(35)36/h2-15,26,28-29,31-32H,1H3,(H,33,34)(H,35,36). The number of carbonyl (C=O) groups is 2. The van der Waals surface area contributed by atoms with Gasteiger partial charge >= 0.3 is 11.9 Å². The normalized spacial score (nSPS) is 17.3. The van der Waals surface area contributed by atoms with Crippen LogP contribution < -0.4 is 10.1 Å². The fraction of sp³-hybridized carbons (Fsp3) is 0.107. The van der Waals surface area contributed by atoms with Crippen LogP contribution in [0.15, 0.2) is 77.8 Å². The zero-order valence-corrected chi connectivity index (χ0v) is 19.7. The summed E-state index contributed by atoms with van der Waals surface area (Å²) in [5.41, 5.74) is 3.08. The lowest BCUT2D eigenvalue weighted by atomic mass is 9.93. The number of nitrogens with zero attached hydrogens (tertiary/aromatic N) is 1. The lowest BCUT2D eigenvalue weighted by molar-refractivity contribution is -0.132. The molecule has 0 saturated carbocycles. The molecule has 0 fully saturated rings. The van der Waals surface area contributed by atoms with E-state index in [1.807, 2.05) is 12.1 Å². The van der Waals surface area contributed by atoms with E-state index < -0.39 is 24.1 Å². The fourth-order valence-corrected chi connectivity index (χ4v) is 4.01. The third-order valence-corrected chi connectivity index (χ3v) is 5.79. The van der Waals surface area contributed by atoms with Gasteiger partial charge in [-0.1, -0.05) is 24.3 Å². The van der Waals surface area contributed by atoms with E-state index in [0.717, 1.165) is 17.7 Å². The molecule has 1 aliphatic heterocycles. The number of hydrogen-bond acceptors (Lipinski definition) is 7. The average molecular weight is 501 g/mol. The van der Waals surface area contributed by atoms with Crippen molar-refractivity contribution in [2.75, 3.05) is 7.11 Å². The van der Waals surface area contributed by atoms with Crippen molar-refractivity contribution in [2.45, 2.75) is 12.2 Å². The second kappa shape index (κ2) is 10.8. The molecule has 1 aliphatic rings. The van der Waals surface area contributed by atoms with Crippen LogP contribution in [0.25, 0.3) is 12.2 Å². The SMILES string of the molecule is COc1ccc(C2N=C(c3cc(C=CC(=O)O)ccc3O)C(c3cc(C=CC(=O)O)ccc3O)N2)cc1. The Morgan fingerprint density at radius 2 is 1.46 bits per heavy atom. The topological polar surface area (TPSA) is 149 Å². The Morgan fingerprint density at radius 1 is 0.865 bits per heavy atom. The number of nitrogens with one attached hydrogen (secondary N) is 1. The average Bonchev–Trinajstić information content (AvgIpc) is 3.32. The summed E-state index contributed by atoms with van der Waals surface area (Å²) in [6.45, 7) is 0. The highest BCUT2D eigenvalue weighted by molar-refractivity contribution is 6.08. The second-order valence-corrected chi connectivity index (χ2v) is 8.23. The minimum absolute atomic E-state index is 0.0468. The largest absolute Gasteiger partial charge is 0.508 e. The van der Waals surface area contributed by atoms with E-state index in [-0.39, 0.29) is 11.5 Å². The quantitative estimate of drug-likeness (QED) is 0.290. The number of hydrogen-bond donors (Lipinski definition) is 5. The van der Waals surface area contributed by atoms with Gasteiger partial charge in [-0.2, -0.15) is 0 Å². The molecule has 2 unspecified atom stereocenters. The number of phenolic OH excluding ortho intramolecular Hbond substituents is 2. The van der Waals surface area contributed by atoms with Crippen molar-refractivity contribution in [1.82, 2.24) is 5.32 Å². The smallest absolute Gasteiger partial charge is 0.328 e. The van der Waals surface area contributed by atoms with Crippen molar-refractivity contribution in [2.24, 2.45) is 4.99 Å². The highest BCUT2D eigenvalue weighted by Crippen LogP contribution is 2.38. The zero-order chi connectivity index (χ0) is 26.5. The number of ether oxygens (including phenoxy) is 1. The maximum atomic E-state index is 11.0. The molecule has 2 atom stereocenters. The summed E-state index contributed by atoms with van der Waals surface area (Å²) in [7, 11) is 1.57. The first-order chi connectivity index (χ1) is 17.7. The van der Waals surface area contributed by atoms with Gasteiger partial charge in [-0.15, -0.1) is 0 Å². The predicted molar refractivity (Wildman–Crippen MR) is 138 cm³/mol. The number of carboxylic acid groups (broad SMARTS) is 2. The number of phenols is 2. The molecule has 1 heterocycles. The van der Waals surface area contributed by atoms with Crippen LogP contribution in [-0.2, 0) is 9.59 Å². The first-order valence-corrected chi connectivity index (χ1v) is 11.2. The molecule has 5 N–H and O–H groups in total. The number of methoxy groups -OCH3 is 1. The van der Waals surface area contributed by atoms with E-state index in [0.29, 0.717) is 33.7 Å². The molecule has 0 radical (unpaired) electrons. The van der Waals surface area contributed by atoms with Crippen molar-refractivity contribution in [3.63, 3.8) is 0 Å². The van der Waals surface area contributed by atoms with Crippen molar-refractivity contribution < 1.29 is 34.8 Å². The van der Waals surface area contributed by atoms with Crippen LogP contribution in [0, 0.1) is 0 Å². The fourth-order valence-electron chi connectivity index (χ4n) is 4.01. The molecule has 0 saturated heterocycles. The minimum Gasteiger partial charge on any atom is -0.508 e. The van der Waals surface area contributed by atoms with E-state index in [4.69, 9.17) is 19.9 Å². The van der Waals surface area contributed by atoms with Crippen LogP contribution >= 0.6 is 0 Å². The maximum Gasteiger partial charge on any atom is 0.328 e. The highest BCUT2D eigenvalue weighted by atomic mass is 16.5. The van der Waals surface area contributed by atoms with Gasteiger partial charge in [0.1, 0.15) is 23.4 Å². The Hall–Kier alpha value is -4.89. The Kier molecular flexibility index (Phi) is 7.36. The number of rotatable bonds is 8. The van der Waals surface area contributed by atoms with E-state index in [9.17, 15) is 19.8 Å². The predicted octanol–water partition coefficient (Wildman–Crippen LogP) is 4.13. The summed E-state index contributed by atoms with van der Waals surface area (Å²) < 4.78 is 5.23. The van der Waals surface area contributed by atoms with Crippen LogP contribution in [0.1, 0.15) is 40.0 Å². The van der Waals surface area contributed by atoms with Crippen molar-refractivity contribution >= 4 is 29.8 Å². The van der Waals surface area contributed by atoms with Gasteiger partial charge in [0.25, 0.3) is 0 Å². The maximum absolute atomic E-state index is 11.0. The molecule has 0 aliphatic carbocycles. The van der Waals surface area contributed by atoms with Crippen molar-refractivity contribution in [3.05, 3.63) is 101 Å². The summed E-state index contributed by atoms with van der Waals surface area (Å²) >= 11 is 0. The van der Waals surface area contributed by atoms with Crippen LogP contribution in [0.3, 0.4) is 0 Å². The summed E-state index contributed by atoms with van der Waals surface area (Å²) in [6.07, 6.45) is 4.26. The van der Waals surface area contributed by atoms with Gasteiger partial charge < -0.3 is 25.2 Å². The van der Waals surface area contributed by atoms with Crippen molar-refractivity contribution in [3.8, 4) is 17.2 Å². The highest BCUT2D eigenvalue weighted by Gasteiger charge is 2.33. The zero-order valence-electron chi connectivity index (χ0n) is 19.7. The second-order valence-electron chi connectivity index (χ2n) is 8.23. The summed E-state index contributed by atoms with van der Waals surface area (Å²) in [5.74, 6) is -1.66. The minimum atomic E-state index is -1.11. The number of carboxylic acids is 2. The molecule has 9 nitrogen and oxygen atoms in total. The molecular weight excluding hydrogens is 476 g/mol. The van der Waals surface area contributed by atoms with Gasteiger partial charge in [0, 0.05) is 23.3 Å². The third-order valence-electron chi connectivity index (χ3n) is 5.79. The number of aliphatic imine (C=N–C) groups is 1. The van der Waals surface area contributed by atoms with Gasteiger partial charge in [0.2, 0.25) is 0 Å². The molecule has 0 spiro atoms. The van der Waals surface area contributed by atoms with Crippen molar-refractivity contribution in [1.29, 1.82) is 0 Å². The summed E-state index contributed by atoms with van der Waals surface area (Å²) in [6, 6.07) is 15.9. The molecule has 37 heavy (non-hydrogen) atoms. The lowest BCUT2D eigenvalue weighted by Crippen LogP contribution is -2.24. The Labute approximate surface area is 212 Å². The molecule has 0 bridgehead atoms. The van der Waals surface area contributed by atoms with Gasteiger partial charge in [-0.25, -0.2) is 9.59 Å². The number of benzene rings is 3. The van der Waals surface area contributed by atoms with Gasteiger partial charge in [0.15, 0.2) is 0 Å². The summed E-state index contributed by atoms with van der Waals surface area (Å²) in [5, 5.41) is 42.8.